The normalized spacial score (nSPS) is 10.4. The van der Waals surface area contributed by atoms with E-state index in [4.69, 9.17) is 0 Å². The van der Waals surface area contributed by atoms with Crippen LogP contribution in [0.25, 0.3) is 0 Å². The van der Waals surface area contributed by atoms with E-state index in [1.54, 1.807) is 0 Å². The molecule has 0 aliphatic heterocycles. The zero-order chi connectivity index (χ0) is 15.1. The molecule has 0 bridgehead atoms. The summed E-state index contributed by atoms with van der Waals surface area (Å²) < 4.78 is 1.12. The van der Waals surface area contributed by atoms with Crippen LogP contribution in [0, 0.1) is 0 Å². The van der Waals surface area contributed by atoms with E-state index in [-0.39, 0.29) is 50.9 Å². The number of hydrogen-bond donors (Lipinski definition) is 0. The second-order valence-electron chi connectivity index (χ2n) is 7.61. The van der Waals surface area contributed by atoms with Crippen molar-refractivity contribution >= 4 is 50.9 Å². The van der Waals surface area contributed by atoms with E-state index in [9.17, 15) is 0 Å². The number of rotatable bonds is 15. The Kier molecular flexibility index (Phi) is 32.7. The van der Waals surface area contributed by atoms with Crippen molar-refractivity contribution in [1.29, 1.82) is 0 Å². The van der Waals surface area contributed by atoms with Crippen LogP contribution in [0.3, 0.4) is 0 Å². The van der Waals surface area contributed by atoms with Gasteiger partial charge in [0.2, 0.25) is 0 Å². The van der Waals surface area contributed by atoms with Crippen molar-refractivity contribution in [2.45, 2.75) is 96.8 Å². The molecule has 0 amide bonds. The van der Waals surface area contributed by atoms with Crippen LogP contribution in [-0.2, 0) is 0 Å². The van der Waals surface area contributed by atoms with E-state index >= 15 is 0 Å². The Morgan fingerprint density at radius 3 is 0.957 bits per heavy atom. The van der Waals surface area contributed by atoms with E-state index < -0.39 is 0 Å². The third kappa shape index (κ3) is 31.7. The summed E-state index contributed by atoms with van der Waals surface area (Å²) in [5, 5.41) is 0. The number of nitrogens with zero attached hydrogens (tertiary/aromatic N) is 1. The summed E-state index contributed by atoms with van der Waals surface area (Å²) >= 11 is 0. The monoisotopic (exact) mass is 524 g/mol. The summed E-state index contributed by atoms with van der Waals surface area (Å²) in [6.45, 7) is 3.63. The molecule has 0 rings (SSSR count). The molecule has 0 fully saturated rings. The molecule has 0 aromatic heterocycles. The van der Waals surface area contributed by atoms with E-state index in [1.807, 2.05) is 0 Å². The standard InChI is InChI=1S/C19H42N.3BrH/c1-5-6-7-8-9-10-11-12-13-14-15-16-17-18-19-20(2,3)4;;;/h5-19H2,1-4H3;3*1H/q+1;;;. The second kappa shape index (κ2) is 23.4. The molecule has 0 aliphatic carbocycles. The van der Waals surface area contributed by atoms with Crippen molar-refractivity contribution in [2.75, 3.05) is 27.7 Å². The van der Waals surface area contributed by atoms with E-state index in [2.05, 4.69) is 28.1 Å². The fourth-order valence-electron chi connectivity index (χ4n) is 2.78. The fraction of sp³-hybridized carbons (Fsp3) is 1.00. The first-order valence-corrected chi connectivity index (χ1v) is 9.36. The quantitative estimate of drug-likeness (QED) is 0.150. The average molecular weight is 527 g/mol. The molecule has 0 saturated carbocycles. The maximum absolute atomic E-state index is 2.29. The summed E-state index contributed by atoms with van der Waals surface area (Å²) in [5.41, 5.74) is 0. The van der Waals surface area contributed by atoms with Crippen LogP contribution in [0.1, 0.15) is 96.8 Å². The molecule has 0 atom stereocenters. The van der Waals surface area contributed by atoms with Gasteiger partial charge in [-0.15, -0.1) is 50.9 Å². The summed E-state index contributed by atoms with van der Waals surface area (Å²) in [4.78, 5) is 0. The van der Waals surface area contributed by atoms with Gasteiger partial charge in [-0.05, 0) is 12.8 Å². The molecule has 0 N–H and O–H groups in total. The first-order valence-electron chi connectivity index (χ1n) is 9.36. The molecule has 146 valence electrons. The molecular formula is C19H45Br3N+. The summed E-state index contributed by atoms with van der Waals surface area (Å²) in [7, 11) is 6.88. The summed E-state index contributed by atoms with van der Waals surface area (Å²) in [5.74, 6) is 0. The van der Waals surface area contributed by atoms with Crippen LogP contribution in [0.2, 0.25) is 0 Å². The molecule has 0 aliphatic rings. The molecule has 0 aromatic rings. The van der Waals surface area contributed by atoms with Gasteiger partial charge in [-0.3, -0.25) is 0 Å². The first-order chi connectivity index (χ1) is 9.56. The Morgan fingerprint density at radius 1 is 0.435 bits per heavy atom. The van der Waals surface area contributed by atoms with Gasteiger partial charge in [-0.25, -0.2) is 0 Å². The third-order valence-electron chi connectivity index (χ3n) is 4.18. The minimum Gasteiger partial charge on any atom is -0.331 e. The van der Waals surface area contributed by atoms with Gasteiger partial charge in [-0.2, -0.15) is 0 Å². The highest BCUT2D eigenvalue weighted by Gasteiger charge is 2.04. The van der Waals surface area contributed by atoms with Crippen LogP contribution in [0.15, 0.2) is 0 Å². The molecule has 23 heavy (non-hydrogen) atoms. The average Bonchev–Trinajstić information content (AvgIpc) is 2.38. The SMILES string of the molecule is Br.Br.Br.CCCCCCCCCCCCCCCC[N+](C)(C)C. The van der Waals surface area contributed by atoms with Crippen LogP contribution in [-0.4, -0.2) is 32.2 Å². The van der Waals surface area contributed by atoms with Crippen LogP contribution < -0.4 is 0 Å². The first kappa shape index (κ1) is 32.1. The predicted octanol–water partition coefficient (Wildman–Crippen LogP) is 7.91. The smallest absolute Gasteiger partial charge is 0.0780 e. The van der Waals surface area contributed by atoms with Crippen LogP contribution in [0.5, 0.6) is 0 Å². The summed E-state index contributed by atoms with van der Waals surface area (Å²) in [6, 6.07) is 0. The van der Waals surface area contributed by atoms with E-state index in [0.717, 1.165) is 4.48 Å². The Hall–Kier alpha value is 1.40. The van der Waals surface area contributed by atoms with Crippen molar-refractivity contribution < 1.29 is 4.48 Å². The zero-order valence-corrected chi connectivity index (χ0v) is 21.4. The Bertz CT molecular complexity index is 194. The number of halogens is 3. The fourth-order valence-corrected chi connectivity index (χ4v) is 2.78. The van der Waals surface area contributed by atoms with Gasteiger partial charge in [0.15, 0.2) is 0 Å². The molecule has 0 spiro atoms. The van der Waals surface area contributed by atoms with E-state index in [0.29, 0.717) is 0 Å². The Balaban J connectivity index is -0.000000602. The lowest BCUT2D eigenvalue weighted by molar-refractivity contribution is -0.870. The highest BCUT2D eigenvalue weighted by molar-refractivity contribution is 8.93. The van der Waals surface area contributed by atoms with Gasteiger partial charge < -0.3 is 4.48 Å². The molecule has 0 heterocycles. The van der Waals surface area contributed by atoms with E-state index in [1.165, 1.54) is 96.4 Å². The minimum atomic E-state index is 0. The Labute approximate surface area is 179 Å². The lowest BCUT2D eigenvalue weighted by atomic mass is 10.0. The van der Waals surface area contributed by atoms with Gasteiger partial charge in [0.05, 0.1) is 27.7 Å². The van der Waals surface area contributed by atoms with Crippen LogP contribution >= 0.6 is 50.9 Å². The van der Waals surface area contributed by atoms with Crippen LogP contribution in [0.4, 0.5) is 0 Å². The lowest BCUT2D eigenvalue weighted by Crippen LogP contribution is -2.35. The zero-order valence-electron chi connectivity index (χ0n) is 16.3. The lowest BCUT2D eigenvalue weighted by Gasteiger charge is -2.23. The van der Waals surface area contributed by atoms with Crippen molar-refractivity contribution in [3.8, 4) is 0 Å². The topological polar surface area (TPSA) is 0 Å². The predicted molar refractivity (Wildman–Crippen MR) is 124 cm³/mol. The van der Waals surface area contributed by atoms with Crippen molar-refractivity contribution in [3.63, 3.8) is 0 Å². The van der Waals surface area contributed by atoms with Crippen molar-refractivity contribution in [1.82, 2.24) is 0 Å². The number of hydrogen-bond acceptors (Lipinski definition) is 0. The minimum absolute atomic E-state index is 0. The van der Waals surface area contributed by atoms with Crippen molar-refractivity contribution in [3.05, 3.63) is 0 Å². The van der Waals surface area contributed by atoms with Gasteiger partial charge >= 0.3 is 0 Å². The second-order valence-corrected chi connectivity index (χ2v) is 7.61. The maximum Gasteiger partial charge on any atom is 0.0780 e. The Morgan fingerprint density at radius 2 is 0.696 bits per heavy atom. The molecule has 0 unspecified atom stereocenters. The molecular weight excluding hydrogens is 482 g/mol. The highest BCUT2D eigenvalue weighted by atomic mass is 79.9. The number of unbranched alkanes of at least 4 members (excludes halogenated alkanes) is 13. The van der Waals surface area contributed by atoms with Gasteiger partial charge in [0, 0.05) is 0 Å². The van der Waals surface area contributed by atoms with Gasteiger partial charge in [0.1, 0.15) is 0 Å². The molecule has 4 heteroatoms. The van der Waals surface area contributed by atoms with Gasteiger partial charge in [0.25, 0.3) is 0 Å². The highest BCUT2D eigenvalue weighted by Crippen LogP contribution is 2.13. The van der Waals surface area contributed by atoms with Gasteiger partial charge in [-0.1, -0.05) is 84.0 Å². The molecule has 0 saturated heterocycles. The summed E-state index contributed by atoms with van der Waals surface area (Å²) in [6.07, 6.45) is 20.4. The number of quaternary nitrogens is 1. The van der Waals surface area contributed by atoms with Crippen molar-refractivity contribution in [2.24, 2.45) is 0 Å². The molecule has 0 aromatic carbocycles. The largest absolute Gasteiger partial charge is 0.331 e. The maximum atomic E-state index is 2.29. The molecule has 0 radical (unpaired) electrons. The third-order valence-corrected chi connectivity index (χ3v) is 4.18. The molecule has 1 nitrogen and oxygen atoms in total.